The summed E-state index contributed by atoms with van der Waals surface area (Å²) in [4.78, 5) is 14.4. The van der Waals surface area contributed by atoms with Gasteiger partial charge in [0.05, 0.1) is 5.54 Å². The number of piperidine rings is 1. The molecule has 0 bridgehead atoms. The van der Waals surface area contributed by atoms with Crippen molar-refractivity contribution in [1.29, 1.82) is 0 Å². The van der Waals surface area contributed by atoms with Crippen molar-refractivity contribution in [2.45, 2.75) is 63.6 Å². The summed E-state index contributed by atoms with van der Waals surface area (Å²) in [5.41, 5.74) is 3.90. The molecule has 0 radical (unpaired) electrons. The van der Waals surface area contributed by atoms with Gasteiger partial charge in [-0.05, 0) is 74.6 Å². The molecule has 228 valence electrons. The molecule has 1 aliphatic heterocycles. The van der Waals surface area contributed by atoms with Gasteiger partial charge < -0.3 is 9.64 Å². The van der Waals surface area contributed by atoms with Crippen molar-refractivity contribution >= 4 is 6.09 Å². The number of allylic oxidation sites excluding steroid dienone is 1. The lowest BCUT2D eigenvalue weighted by Gasteiger charge is -2.40. The second-order valence-corrected chi connectivity index (χ2v) is 12.9. The number of nitrogens with one attached hydrogen (secondary N) is 1. The van der Waals surface area contributed by atoms with Crippen LogP contribution in [0.2, 0.25) is 0 Å². The Labute approximate surface area is 263 Å². The number of hydrogen-bond acceptors (Lipinski definition) is 3. The number of rotatable bonds is 10. The van der Waals surface area contributed by atoms with E-state index >= 15 is 0 Å². The summed E-state index contributed by atoms with van der Waals surface area (Å²) in [6.45, 7) is 7.26. The summed E-state index contributed by atoms with van der Waals surface area (Å²) in [6.07, 6.45) is 8.37. The van der Waals surface area contributed by atoms with Crippen molar-refractivity contribution in [2.24, 2.45) is 5.92 Å². The Morgan fingerprint density at radius 3 is 1.68 bits per heavy atom. The summed E-state index contributed by atoms with van der Waals surface area (Å²) >= 11 is 0. The topological polar surface area (TPSA) is 41.6 Å². The van der Waals surface area contributed by atoms with Crippen molar-refractivity contribution in [1.82, 2.24) is 10.2 Å². The van der Waals surface area contributed by atoms with Crippen molar-refractivity contribution in [2.75, 3.05) is 13.1 Å². The molecule has 1 amide bonds. The fourth-order valence-corrected chi connectivity index (χ4v) is 6.24. The van der Waals surface area contributed by atoms with Crippen molar-refractivity contribution in [3.63, 3.8) is 0 Å². The van der Waals surface area contributed by atoms with Gasteiger partial charge in [-0.3, -0.25) is 5.32 Å². The van der Waals surface area contributed by atoms with Crippen LogP contribution in [0.5, 0.6) is 0 Å². The van der Waals surface area contributed by atoms with Gasteiger partial charge in [0, 0.05) is 19.1 Å². The van der Waals surface area contributed by atoms with Gasteiger partial charge in [-0.1, -0.05) is 133 Å². The molecule has 44 heavy (non-hydrogen) atoms. The molecule has 5 rings (SSSR count). The van der Waals surface area contributed by atoms with Gasteiger partial charge in [0.1, 0.15) is 5.60 Å². The molecule has 0 aliphatic carbocycles. The van der Waals surface area contributed by atoms with E-state index in [1.54, 1.807) is 0 Å². The number of benzene rings is 4. The number of ether oxygens (including phenoxy) is 1. The number of nitrogens with zero attached hydrogens (tertiary/aromatic N) is 1. The maximum absolute atomic E-state index is 12.6. The van der Waals surface area contributed by atoms with Crippen LogP contribution in [0.4, 0.5) is 4.79 Å². The average molecular weight is 587 g/mol. The molecule has 4 aromatic carbocycles. The summed E-state index contributed by atoms with van der Waals surface area (Å²) in [6, 6.07) is 43.2. The van der Waals surface area contributed by atoms with Crippen LogP contribution in [0.1, 0.15) is 62.3 Å². The lowest BCUT2D eigenvalue weighted by atomic mass is 9.76. The molecule has 1 saturated heterocycles. The molecule has 0 aromatic heterocycles. The van der Waals surface area contributed by atoms with Gasteiger partial charge >= 0.3 is 6.09 Å². The third-order valence-electron chi connectivity index (χ3n) is 8.42. The first kappa shape index (κ1) is 31.3. The third kappa shape index (κ3) is 8.06. The van der Waals surface area contributed by atoms with Crippen LogP contribution < -0.4 is 5.32 Å². The van der Waals surface area contributed by atoms with Gasteiger partial charge in [0.25, 0.3) is 0 Å². The Morgan fingerprint density at radius 2 is 1.23 bits per heavy atom. The molecule has 1 heterocycles. The van der Waals surface area contributed by atoms with Crippen molar-refractivity contribution in [3.8, 4) is 0 Å². The number of carbonyl (C=O) groups is 1. The minimum absolute atomic E-state index is 0.0693. The highest BCUT2D eigenvalue weighted by molar-refractivity contribution is 5.68. The van der Waals surface area contributed by atoms with E-state index in [1.165, 1.54) is 22.3 Å². The SMILES string of the molecule is CC(C)(C)OC(=O)N1CCC(CC=CC(Cc2ccccc2)NC(c2ccccc2)(c2ccccc2)c2ccccc2)CC1. The zero-order valence-electron chi connectivity index (χ0n) is 26.4. The van der Waals surface area contributed by atoms with E-state index in [9.17, 15) is 4.79 Å². The Bertz CT molecular complexity index is 1360. The number of amides is 1. The minimum atomic E-state index is -0.549. The highest BCUT2D eigenvalue weighted by Gasteiger charge is 2.37. The van der Waals surface area contributed by atoms with Crippen molar-refractivity contribution in [3.05, 3.63) is 156 Å². The third-order valence-corrected chi connectivity index (χ3v) is 8.42. The standard InChI is InChI=1S/C40H46N2O2/c1-39(2,3)44-38(43)42-29-27-32(28-30-42)19-16-26-37(31-33-17-8-4-9-18-33)41-40(34-20-10-5-11-21-34,35-22-12-6-13-23-35)36-24-14-7-15-25-36/h4-18,20-26,32,37,41H,19,27-31H2,1-3H3. The summed E-state index contributed by atoms with van der Waals surface area (Å²) in [5, 5.41) is 4.19. The molecule has 0 spiro atoms. The highest BCUT2D eigenvalue weighted by atomic mass is 16.6. The maximum atomic E-state index is 12.6. The van der Waals surface area contributed by atoms with E-state index in [1.807, 2.05) is 25.7 Å². The largest absolute Gasteiger partial charge is 0.444 e. The molecule has 1 N–H and O–H groups in total. The van der Waals surface area contributed by atoms with E-state index < -0.39 is 11.1 Å². The average Bonchev–Trinajstić information content (AvgIpc) is 3.05. The lowest BCUT2D eigenvalue weighted by Crippen LogP contribution is -2.50. The molecule has 4 aromatic rings. The van der Waals surface area contributed by atoms with Crippen molar-refractivity contribution < 1.29 is 9.53 Å². The Hall–Kier alpha value is -4.15. The molecule has 1 unspecified atom stereocenters. The molecule has 4 nitrogen and oxygen atoms in total. The van der Waals surface area contributed by atoms with Crippen LogP contribution in [-0.2, 0) is 16.7 Å². The second kappa shape index (κ2) is 14.5. The molecule has 4 heteroatoms. The fraction of sp³-hybridized carbons (Fsp3) is 0.325. The van der Waals surface area contributed by atoms with Crippen LogP contribution in [0.15, 0.2) is 133 Å². The molecular formula is C40H46N2O2. The Kier molecular flexibility index (Phi) is 10.3. The zero-order chi connectivity index (χ0) is 30.8. The number of carbonyl (C=O) groups excluding carboxylic acids is 1. The lowest BCUT2D eigenvalue weighted by molar-refractivity contribution is 0.0185. The zero-order valence-corrected chi connectivity index (χ0v) is 26.4. The molecule has 1 aliphatic rings. The molecule has 1 atom stereocenters. The van der Waals surface area contributed by atoms with Gasteiger partial charge in [-0.15, -0.1) is 0 Å². The maximum Gasteiger partial charge on any atom is 0.410 e. The summed E-state index contributed by atoms with van der Waals surface area (Å²) < 4.78 is 5.60. The number of hydrogen-bond donors (Lipinski definition) is 1. The van der Waals surface area contributed by atoms with Crippen LogP contribution in [0, 0.1) is 5.92 Å². The molecule has 1 fully saturated rings. The van der Waals surface area contributed by atoms with Gasteiger partial charge in [0.2, 0.25) is 0 Å². The number of likely N-dealkylation sites (tertiary alicyclic amines) is 1. The van der Waals surface area contributed by atoms with E-state index in [-0.39, 0.29) is 12.1 Å². The van der Waals surface area contributed by atoms with Crippen LogP contribution in [-0.4, -0.2) is 35.7 Å². The van der Waals surface area contributed by atoms with Crippen LogP contribution >= 0.6 is 0 Å². The Morgan fingerprint density at radius 1 is 0.773 bits per heavy atom. The first-order valence-corrected chi connectivity index (χ1v) is 16.0. The van der Waals surface area contributed by atoms with E-state index in [4.69, 9.17) is 4.74 Å². The monoisotopic (exact) mass is 586 g/mol. The first-order chi connectivity index (χ1) is 21.3. The van der Waals surface area contributed by atoms with E-state index in [0.29, 0.717) is 5.92 Å². The second-order valence-electron chi connectivity index (χ2n) is 12.9. The minimum Gasteiger partial charge on any atom is -0.444 e. The highest BCUT2D eigenvalue weighted by Crippen LogP contribution is 2.37. The van der Waals surface area contributed by atoms with Gasteiger partial charge in [-0.2, -0.15) is 0 Å². The van der Waals surface area contributed by atoms with Crippen LogP contribution in [0.3, 0.4) is 0 Å². The van der Waals surface area contributed by atoms with E-state index in [2.05, 4.69) is 139 Å². The normalized spacial score (nSPS) is 15.3. The Balaban J connectivity index is 1.42. The van der Waals surface area contributed by atoms with Gasteiger partial charge in [-0.25, -0.2) is 4.79 Å². The smallest absolute Gasteiger partial charge is 0.410 e. The molecular weight excluding hydrogens is 540 g/mol. The van der Waals surface area contributed by atoms with Crippen LogP contribution in [0.25, 0.3) is 0 Å². The summed E-state index contributed by atoms with van der Waals surface area (Å²) in [7, 11) is 0. The first-order valence-electron chi connectivity index (χ1n) is 16.0. The quantitative estimate of drug-likeness (QED) is 0.149. The molecule has 0 saturated carbocycles. The predicted molar refractivity (Wildman–Crippen MR) is 181 cm³/mol. The fourth-order valence-electron chi connectivity index (χ4n) is 6.24. The summed E-state index contributed by atoms with van der Waals surface area (Å²) in [5.74, 6) is 0.546. The van der Waals surface area contributed by atoms with Gasteiger partial charge in [0.15, 0.2) is 0 Å². The van der Waals surface area contributed by atoms with E-state index in [0.717, 1.165) is 38.8 Å². The predicted octanol–water partition coefficient (Wildman–Crippen LogP) is 8.77.